The molecule has 0 amide bonds. The minimum absolute atomic E-state index is 0.0255. The van der Waals surface area contributed by atoms with Crippen LogP contribution in [0, 0.1) is 34.0 Å². The quantitative estimate of drug-likeness (QED) is 0.452. The number of esters is 1. The lowest BCUT2D eigenvalue weighted by atomic mass is 9.58. The second-order valence-corrected chi connectivity index (χ2v) is 11.0. The van der Waals surface area contributed by atoms with Crippen LogP contribution in [0.4, 0.5) is 0 Å². The number of hydrogen-bond acceptors (Lipinski definition) is 2. The normalized spacial score (nSPS) is 28.6. The van der Waals surface area contributed by atoms with E-state index in [0.717, 1.165) is 32.1 Å². The molecular weight excluding hydrogens is 332 g/mol. The summed E-state index contributed by atoms with van der Waals surface area (Å²) < 4.78 is 6.23. The Bertz CT molecular complexity index is 440. The third-order valence-corrected chi connectivity index (χ3v) is 6.81. The van der Waals surface area contributed by atoms with Crippen molar-refractivity contribution in [3.8, 4) is 0 Å². The molecule has 2 nitrogen and oxygen atoms in total. The molecular formula is C25H50O2. The molecule has 0 N–H and O–H groups in total. The highest BCUT2D eigenvalue weighted by Gasteiger charge is 2.47. The SMILES string of the molecule is CC.CCCC(C)(CC)C(=O)OC1CC(C)C(C(C)(C)C)CC1C(C)(C)C. The molecule has 0 aromatic carbocycles. The Hall–Kier alpha value is -0.530. The fourth-order valence-corrected chi connectivity index (χ4v) is 4.86. The van der Waals surface area contributed by atoms with Crippen LogP contribution < -0.4 is 0 Å². The highest BCUT2D eigenvalue weighted by Crippen LogP contribution is 2.50. The summed E-state index contributed by atoms with van der Waals surface area (Å²) in [6, 6.07) is 0. The molecule has 5 atom stereocenters. The van der Waals surface area contributed by atoms with E-state index in [1.54, 1.807) is 0 Å². The first-order chi connectivity index (χ1) is 12.3. The monoisotopic (exact) mass is 382 g/mol. The largest absolute Gasteiger partial charge is 0.462 e. The summed E-state index contributed by atoms with van der Waals surface area (Å²) in [7, 11) is 0. The Morgan fingerprint density at radius 2 is 1.37 bits per heavy atom. The molecule has 0 bridgehead atoms. The van der Waals surface area contributed by atoms with Crippen LogP contribution in [0.2, 0.25) is 0 Å². The van der Waals surface area contributed by atoms with Gasteiger partial charge < -0.3 is 4.74 Å². The van der Waals surface area contributed by atoms with Crippen molar-refractivity contribution in [2.45, 2.75) is 121 Å². The van der Waals surface area contributed by atoms with Crippen LogP contribution in [0.15, 0.2) is 0 Å². The van der Waals surface area contributed by atoms with E-state index in [9.17, 15) is 4.79 Å². The van der Waals surface area contributed by atoms with Crippen molar-refractivity contribution in [1.29, 1.82) is 0 Å². The van der Waals surface area contributed by atoms with Gasteiger partial charge in [0.25, 0.3) is 0 Å². The van der Waals surface area contributed by atoms with Gasteiger partial charge in [0.2, 0.25) is 0 Å². The molecule has 0 saturated heterocycles. The van der Waals surface area contributed by atoms with Gasteiger partial charge in [0.05, 0.1) is 5.41 Å². The zero-order valence-corrected chi connectivity index (χ0v) is 20.7. The molecule has 0 heterocycles. The Balaban J connectivity index is 0.00000326. The highest BCUT2D eigenvalue weighted by atomic mass is 16.5. The molecule has 0 radical (unpaired) electrons. The molecule has 2 heteroatoms. The Morgan fingerprint density at radius 1 is 0.889 bits per heavy atom. The average molecular weight is 383 g/mol. The summed E-state index contributed by atoms with van der Waals surface area (Å²) in [5.74, 6) is 1.73. The molecule has 1 aliphatic rings. The molecule has 1 rings (SSSR count). The van der Waals surface area contributed by atoms with E-state index in [-0.39, 0.29) is 22.9 Å². The van der Waals surface area contributed by atoms with E-state index in [1.807, 2.05) is 13.8 Å². The molecule has 0 aliphatic heterocycles. The molecule has 1 saturated carbocycles. The second-order valence-electron chi connectivity index (χ2n) is 11.0. The van der Waals surface area contributed by atoms with Crippen molar-refractivity contribution in [1.82, 2.24) is 0 Å². The molecule has 27 heavy (non-hydrogen) atoms. The topological polar surface area (TPSA) is 26.3 Å². The van der Waals surface area contributed by atoms with Gasteiger partial charge in [-0.05, 0) is 55.3 Å². The number of hydrogen-bond donors (Lipinski definition) is 0. The molecule has 162 valence electrons. The van der Waals surface area contributed by atoms with Crippen LogP contribution in [0.1, 0.15) is 115 Å². The Kier molecular flexibility index (Phi) is 10.1. The zero-order valence-electron chi connectivity index (χ0n) is 20.7. The van der Waals surface area contributed by atoms with Crippen molar-refractivity contribution >= 4 is 5.97 Å². The standard InChI is InChI=1S/C23H44O2.C2H6/c1-11-13-23(10,12-2)20(24)25-19-14-16(3)17(21(4,5)6)15-18(19)22(7,8)9;1-2/h16-19H,11-15H2,1-10H3;1-2H3. The number of ether oxygens (including phenoxy) is 1. The lowest BCUT2D eigenvalue weighted by Crippen LogP contribution is -2.47. The van der Waals surface area contributed by atoms with Gasteiger partial charge in [-0.15, -0.1) is 0 Å². The second kappa shape index (κ2) is 10.3. The van der Waals surface area contributed by atoms with E-state index in [2.05, 4.69) is 69.2 Å². The van der Waals surface area contributed by atoms with Crippen LogP contribution >= 0.6 is 0 Å². The number of rotatable bonds is 5. The van der Waals surface area contributed by atoms with E-state index >= 15 is 0 Å². The molecule has 1 fully saturated rings. The number of carbonyl (C=O) groups is 1. The van der Waals surface area contributed by atoms with E-state index in [4.69, 9.17) is 4.74 Å². The fraction of sp³-hybridized carbons (Fsp3) is 0.960. The van der Waals surface area contributed by atoms with Crippen LogP contribution in [0.5, 0.6) is 0 Å². The third kappa shape index (κ3) is 7.09. The molecule has 0 spiro atoms. The predicted octanol–water partition coefficient (Wildman–Crippen LogP) is 7.90. The van der Waals surface area contributed by atoms with Crippen LogP contribution in [-0.4, -0.2) is 12.1 Å². The summed E-state index contributed by atoms with van der Waals surface area (Å²) in [6.45, 7) is 26.7. The predicted molar refractivity (Wildman–Crippen MR) is 119 cm³/mol. The summed E-state index contributed by atoms with van der Waals surface area (Å²) in [5.41, 5.74) is 0.126. The highest BCUT2D eigenvalue weighted by molar-refractivity contribution is 5.76. The zero-order chi connectivity index (χ0) is 21.6. The minimum Gasteiger partial charge on any atom is -0.462 e. The van der Waals surface area contributed by atoms with Gasteiger partial charge in [0, 0.05) is 5.92 Å². The Labute approximate surface area is 171 Å². The van der Waals surface area contributed by atoms with Gasteiger partial charge in [0.15, 0.2) is 0 Å². The first-order valence-electron chi connectivity index (χ1n) is 11.5. The van der Waals surface area contributed by atoms with Gasteiger partial charge in [-0.25, -0.2) is 0 Å². The van der Waals surface area contributed by atoms with Crippen molar-refractivity contribution in [3.63, 3.8) is 0 Å². The molecule has 0 aromatic rings. The van der Waals surface area contributed by atoms with Gasteiger partial charge >= 0.3 is 5.97 Å². The Morgan fingerprint density at radius 3 is 1.74 bits per heavy atom. The molecule has 0 aromatic heterocycles. The maximum absolute atomic E-state index is 13.0. The smallest absolute Gasteiger partial charge is 0.312 e. The third-order valence-electron chi connectivity index (χ3n) is 6.81. The summed E-state index contributed by atoms with van der Waals surface area (Å²) >= 11 is 0. The first-order valence-corrected chi connectivity index (χ1v) is 11.5. The fourth-order valence-electron chi connectivity index (χ4n) is 4.86. The van der Waals surface area contributed by atoms with E-state index < -0.39 is 0 Å². The van der Waals surface area contributed by atoms with Crippen LogP contribution in [0.3, 0.4) is 0 Å². The van der Waals surface area contributed by atoms with Gasteiger partial charge in [-0.1, -0.05) is 82.6 Å². The summed E-state index contributed by atoms with van der Waals surface area (Å²) in [6.07, 6.45) is 5.01. The average Bonchev–Trinajstić information content (AvgIpc) is 2.54. The first kappa shape index (κ1) is 26.5. The lowest BCUT2D eigenvalue weighted by molar-refractivity contribution is -0.173. The van der Waals surface area contributed by atoms with Crippen molar-refractivity contribution in [2.24, 2.45) is 34.0 Å². The molecule has 1 aliphatic carbocycles. The summed E-state index contributed by atoms with van der Waals surface area (Å²) in [4.78, 5) is 13.0. The van der Waals surface area contributed by atoms with Crippen LogP contribution in [0.25, 0.3) is 0 Å². The van der Waals surface area contributed by atoms with Gasteiger partial charge in [-0.2, -0.15) is 0 Å². The van der Waals surface area contributed by atoms with Crippen molar-refractivity contribution < 1.29 is 9.53 Å². The van der Waals surface area contributed by atoms with Crippen LogP contribution in [-0.2, 0) is 9.53 Å². The van der Waals surface area contributed by atoms with E-state index in [1.165, 1.54) is 0 Å². The van der Waals surface area contributed by atoms with Gasteiger partial charge in [-0.3, -0.25) is 4.79 Å². The van der Waals surface area contributed by atoms with Crippen molar-refractivity contribution in [2.75, 3.05) is 0 Å². The van der Waals surface area contributed by atoms with E-state index in [0.29, 0.717) is 23.2 Å². The maximum Gasteiger partial charge on any atom is 0.312 e. The molecule has 5 unspecified atom stereocenters. The number of carbonyl (C=O) groups excluding carboxylic acids is 1. The lowest BCUT2D eigenvalue weighted by Gasteiger charge is -2.49. The minimum atomic E-state index is -0.332. The van der Waals surface area contributed by atoms with Gasteiger partial charge in [0.1, 0.15) is 6.10 Å². The summed E-state index contributed by atoms with van der Waals surface area (Å²) in [5, 5.41) is 0. The maximum atomic E-state index is 13.0. The van der Waals surface area contributed by atoms with Crippen molar-refractivity contribution in [3.05, 3.63) is 0 Å².